The molecule has 0 saturated carbocycles. The largest absolute Gasteiger partial charge is 0.479 e. The van der Waals surface area contributed by atoms with Gasteiger partial charge < -0.3 is 34.3 Å². The van der Waals surface area contributed by atoms with Crippen LogP contribution in [0.15, 0.2) is 46.9 Å². The van der Waals surface area contributed by atoms with Crippen molar-refractivity contribution in [2.75, 3.05) is 0 Å². The number of carboxylic acid groups (broad SMARTS) is 1. The molecule has 6 atom stereocenters. The third-order valence-corrected chi connectivity index (χ3v) is 5.65. The molecular weight excluding hydrogens is 458 g/mol. The van der Waals surface area contributed by atoms with Crippen molar-refractivity contribution in [3.8, 4) is 11.5 Å². The van der Waals surface area contributed by atoms with E-state index in [0.29, 0.717) is 27.6 Å². The van der Waals surface area contributed by atoms with Gasteiger partial charge in [-0.1, -0.05) is 17.7 Å². The Labute approximate surface area is 191 Å². The zero-order valence-corrected chi connectivity index (χ0v) is 17.9. The minimum atomic E-state index is -1.88. The Bertz CT molecular complexity index is 1180. The molecule has 1 fully saturated rings. The molecule has 174 valence electrons. The van der Waals surface area contributed by atoms with Gasteiger partial charge in [-0.05, 0) is 48.9 Å². The van der Waals surface area contributed by atoms with Gasteiger partial charge in [0.05, 0.1) is 5.92 Å². The van der Waals surface area contributed by atoms with Crippen LogP contribution >= 0.6 is 11.6 Å². The summed E-state index contributed by atoms with van der Waals surface area (Å²) in [5.41, 5.74) is 2.23. The fourth-order valence-electron chi connectivity index (χ4n) is 3.43. The lowest BCUT2D eigenvalue weighted by Gasteiger charge is -2.38. The molecule has 0 aliphatic carbocycles. The first-order valence-corrected chi connectivity index (χ1v) is 10.3. The second-order valence-corrected chi connectivity index (χ2v) is 8.08. The first-order valence-electron chi connectivity index (χ1n) is 9.95. The molecule has 11 heteroatoms. The Kier molecular flexibility index (Phi) is 6.37. The Balaban J connectivity index is 1.51. The van der Waals surface area contributed by atoms with Crippen LogP contribution < -0.4 is 0 Å². The number of hydrogen-bond acceptors (Lipinski definition) is 9. The van der Waals surface area contributed by atoms with Gasteiger partial charge in [0.1, 0.15) is 23.8 Å². The van der Waals surface area contributed by atoms with Gasteiger partial charge in [0.2, 0.25) is 12.2 Å². The van der Waals surface area contributed by atoms with Gasteiger partial charge in [0.15, 0.2) is 11.7 Å². The van der Waals surface area contributed by atoms with Crippen LogP contribution in [0.4, 0.5) is 0 Å². The van der Waals surface area contributed by atoms with E-state index in [4.69, 9.17) is 30.6 Å². The number of aromatic nitrogens is 1. The van der Waals surface area contributed by atoms with Crippen molar-refractivity contribution in [1.82, 2.24) is 4.98 Å². The number of hydrogen-bond donors (Lipinski definition) is 4. The smallest absolute Gasteiger partial charge is 0.335 e. The summed E-state index contributed by atoms with van der Waals surface area (Å²) in [7, 11) is 0. The van der Waals surface area contributed by atoms with Gasteiger partial charge in [0, 0.05) is 10.6 Å². The SMILES string of the molecule is CC(C(=O)O[C@@H]1O[C@H](C(=O)O)[C@@H](O)[C@H](O)[C@@H]1O)c1ccc2oc(-c3ccc(Cl)cc3)nc2c1. The Morgan fingerprint density at radius 2 is 1.76 bits per heavy atom. The van der Waals surface area contributed by atoms with Crippen molar-refractivity contribution in [3.05, 3.63) is 53.1 Å². The number of rotatable bonds is 5. The van der Waals surface area contributed by atoms with Crippen molar-refractivity contribution in [2.45, 2.75) is 43.5 Å². The second-order valence-electron chi connectivity index (χ2n) is 7.65. The third kappa shape index (κ3) is 4.56. The predicted octanol–water partition coefficient (Wildman–Crippen LogP) is 1.69. The maximum atomic E-state index is 12.7. The van der Waals surface area contributed by atoms with Gasteiger partial charge in [-0.25, -0.2) is 9.78 Å². The first-order chi connectivity index (χ1) is 15.7. The van der Waals surface area contributed by atoms with Gasteiger partial charge in [-0.3, -0.25) is 4.79 Å². The van der Waals surface area contributed by atoms with Gasteiger partial charge in [0.25, 0.3) is 0 Å². The number of halogens is 1. The Morgan fingerprint density at radius 1 is 1.06 bits per heavy atom. The monoisotopic (exact) mass is 477 g/mol. The summed E-state index contributed by atoms with van der Waals surface area (Å²) in [4.78, 5) is 28.3. The van der Waals surface area contributed by atoms with Crippen molar-refractivity contribution >= 4 is 34.6 Å². The summed E-state index contributed by atoms with van der Waals surface area (Å²) >= 11 is 5.91. The molecule has 0 bridgehead atoms. The average molecular weight is 478 g/mol. The number of oxazole rings is 1. The highest BCUT2D eigenvalue weighted by atomic mass is 35.5. The summed E-state index contributed by atoms with van der Waals surface area (Å²) in [6, 6.07) is 11.9. The minimum absolute atomic E-state index is 0.375. The molecule has 2 aromatic carbocycles. The molecule has 0 amide bonds. The van der Waals surface area contributed by atoms with Crippen molar-refractivity contribution in [3.63, 3.8) is 0 Å². The molecule has 0 radical (unpaired) electrons. The summed E-state index contributed by atoms with van der Waals surface area (Å²) in [6.45, 7) is 1.54. The van der Waals surface area contributed by atoms with Crippen molar-refractivity contribution in [2.24, 2.45) is 0 Å². The molecule has 1 aliphatic heterocycles. The van der Waals surface area contributed by atoms with E-state index in [1.165, 1.54) is 0 Å². The number of carboxylic acids is 1. The van der Waals surface area contributed by atoms with Gasteiger partial charge in [-0.15, -0.1) is 0 Å². The minimum Gasteiger partial charge on any atom is -0.479 e. The molecular formula is C22H20ClNO9. The zero-order valence-electron chi connectivity index (χ0n) is 17.2. The highest BCUT2D eigenvalue weighted by molar-refractivity contribution is 6.30. The van der Waals surface area contributed by atoms with Crippen LogP contribution in [-0.2, 0) is 19.1 Å². The van der Waals surface area contributed by atoms with Gasteiger partial charge >= 0.3 is 11.9 Å². The van der Waals surface area contributed by atoms with E-state index in [1.807, 2.05) is 0 Å². The third-order valence-electron chi connectivity index (χ3n) is 5.40. The topological polar surface area (TPSA) is 160 Å². The number of fused-ring (bicyclic) bond motifs is 1. The molecule has 2 heterocycles. The number of ether oxygens (including phenoxy) is 2. The number of esters is 1. The van der Waals surface area contributed by atoms with Crippen LogP contribution in [-0.4, -0.2) is 68.1 Å². The lowest BCUT2D eigenvalue weighted by atomic mass is 9.98. The van der Waals surface area contributed by atoms with E-state index < -0.39 is 48.6 Å². The molecule has 3 aromatic rings. The number of benzene rings is 2. The van der Waals surface area contributed by atoms with E-state index >= 15 is 0 Å². The Morgan fingerprint density at radius 3 is 2.42 bits per heavy atom. The fourth-order valence-corrected chi connectivity index (χ4v) is 3.56. The average Bonchev–Trinajstić information content (AvgIpc) is 3.22. The molecule has 1 aromatic heterocycles. The second kappa shape index (κ2) is 9.08. The summed E-state index contributed by atoms with van der Waals surface area (Å²) < 4.78 is 15.9. The summed E-state index contributed by atoms with van der Waals surface area (Å²) in [5.74, 6) is -2.89. The number of aliphatic hydroxyl groups is 3. The normalized spacial score (nSPS) is 26.2. The summed E-state index contributed by atoms with van der Waals surface area (Å²) in [6.07, 6.45) is -9.22. The molecule has 1 unspecified atom stereocenters. The predicted molar refractivity (Wildman–Crippen MR) is 113 cm³/mol. The number of aliphatic hydroxyl groups excluding tert-OH is 3. The Hall–Kier alpha value is -3.02. The molecule has 4 rings (SSSR count). The summed E-state index contributed by atoms with van der Waals surface area (Å²) in [5, 5.41) is 39.3. The fraction of sp³-hybridized carbons (Fsp3) is 0.318. The van der Waals surface area contributed by atoms with E-state index in [0.717, 1.165) is 5.56 Å². The molecule has 4 N–H and O–H groups in total. The first kappa shape index (κ1) is 23.1. The van der Waals surface area contributed by atoms with Crippen LogP contribution in [0.2, 0.25) is 5.02 Å². The molecule has 1 saturated heterocycles. The van der Waals surface area contributed by atoms with Crippen LogP contribution in [0.1, 0.15) is 18.4 Å². The lowest BCUT2D eigenvalue weighted by Crippen LogP contribution is -2.60. The molecule has 1 aliphatic rings. The van der Waals surface area contributed by atoms with E-state index in [9.17, 15) is 24.9 Å². The molecule has 33 heavy (non-hydrogen) atoms. The number of aliphatic carboxylic acids is 1. The number of carbonyl (C=O) groups is 2. The number of carbonyl (C=O) groups excluding carboxylic acids is 1. The van der Waals surface area contributed by atoms with Crippen LogP contribution in [0.25, 0.3) is 22.6 Å². The van der Waals surface area contributed by atoms with Crippen molar-refractivity contribution < 1.29 is 43.9 Å². The zero-order chi connectivity index (χ0) is 23.9. The van der Waals surface area contributed by atoms with E-state index in [-0.39, 0.29) is 0 Å². The highest BCUT2D eigenvalue weighted by Crippen LogP contribution is 2.29. The quantitative estimate of drug-likeness (QED) is 0.398. The van der Waals surface area contributed by atoms with E-state index in [2.05, 4.69) is 4.98 Å². The molecule has 0 spiro atoms. The maximum Gasteiger partial charge on any atom is 0.335 e. The van der Waals surface area contributed by atoms with Crippen LogP contribution in [0.3, 0.4) is 0 Å². The van der Waals surface area contributed by atoms with Crippen LogP contribution in [0, 0.1) is 0 Å². The molecule has 10 nitrogen and oxygen atoms in total. The highest BCUT2D eigenvalue weighted by Gasteiger charge is 2.48. The number of nitrogens with zero attached hydrogens (tertiary/aromatic N) is 1. The van der Waals surface area contributed by atoms with Crippen molar-refractivity contribution in [1.29, 1.82) is 0 Å². The van der Waals surface area contributed by atoms with Gasteiger partial charge in [-0.2, -0.15) is 0 Å². The lowest BCUT2D eigenvalue weighted by molar-refractivity contribution is -0.286. The van der Waals surface area contributed by atoms with Crippen LogP contribution in [0.5, 0.6) is 0 Å². The van der Waals surface area contributed by atoms with E-state index in [1.54, 1.807) is 49.4 Å². The standard InChI is InChI=1S/C22H20ClNO9/c1-9(21(30)33-22-17(27)15(25)16(26)18(32-22)20(28)29)11-4-7-14-13(8-11)24-19(31-14)10-2-5-12(23)6-3-10/h2-9,15-18,22,25-27H,1H3,(H,28,29)/t9?,15-,16-,17-,18-,22-/m0/s1. The maximum absolute atomic E-state index is 12.7.